The van der Waals surface area contributed by atoms with E-state index in [0.29, 0.717) is 17.1 Å². The summed E-state index contributed by atoms with van der Waals surface area (Å²) in [4.78, 5) is 1.35. The van der Waals surface area contributed by atoms with Gasteiger partial charge in [0.05, 0.1) is 0 Å². The molecule has 0 aliphatic rings. The molecule has 1 unspecified atom stereocenters. The highest BCUT2D eigenvalue weighted by Crippen LogP contribution is 2.32. The Bertz CT molecular complexity index is 390. The van der Waals surface area contributed by atoms with Crippen LogP contribution < -0.4 is 5.32 Å². The van der Waals surface area contributed by atoms with Gasteiger partial charge < -0.3 is 5.32 Å². The van der Waals surface area contributed by atoms with Gasteiger partial charge in [0, 0.05) is 21.7 Å². The maximum absolute atomic E-state index is 6.12. The first-order chi connectivity index (χ1) is 8.90. The van der Waals surface area contributed by atoms with Gasteiger partial charge in [-0.1, -0.05) is 46.2 Å². The summed E-state index contributed by atoms with van der Waals surface area (Å²) in [7, 11) is 0. The Morgan fingerprint density at radius 3 is 2.42 bits per heavy atom. The standard InChI is InChI=1S/C16H26ClNS/c1-11(2)9-18-10-14-8-15(17)6-7-16(14)19-13(5)12(3)4/h6-8,11-13,18H,9-10H2,1-5H3. The zero-order chi connectivity index (χ0) is 14.4. The SMILES string of the molecule is CC(C)CNCc1cc(Cl)ccc1SC(C)C(C)C. The van der Waals surface area contributed by atoms with Gasteiger partial charge in [0.15, 0.2) is 0 Å². The maximum Gasteiger partial charge on any atom is 0.0410 e. The lowest BCUT2D eigenvalue weighted by Crippen LogP contribution is -2.19. The van der Waals surface area contributed by atoms with E-state index in [9.17, 15) is 0 Å². The first kappa shape index (κ1) is 16.9. The maximum atomic E-state index is 6.12. The second kappa shape index (κ2) is 8.18. The minimum Gasteiger partial charge on any atom is -0.312 e. The lowest BCUT2D eigenvalue weighted by Gasteiger charge is -2.18. The van der Waals surface area contributed by atoms with Crippen LogP contribution >= 0.6 is 23.4 Å². The number of nitrogens with one attached hydrogen (secondary N) is 1. The van der Waals surface area contributed by atoms with Crippen molar-refractivity contribution in [2.45, 2.75) is 51.3 Å². The summed E-state index contributed by atoms with van der Waals surface area (Å²) in [5.41, 5.74) is 1.31. The van der Waals surface area contributed by atoms with E-state index in [2.05, 4.69) is 52.1 Å². The molecule has 1 aromatic rings. The number of halogens is 1. The van der Waals surface area contributed by atoms with Crippen LogP contribution in [0.4, 0.5) is 0 Å². The van der Waals surface area contributed by atoms with Crippen molar-refractivity contribution in [2.24, 2.45) is 11.8 Å². The number of hydrogen-bond donors (Lipinski definition) is 1. The number of hydrogen-bond acceptors (Lipinski definition) is 2. The third-order valence-corrected chi connectivity index (χ3v) is 4.95. The fourth-order valence-corrected chi connectivity index (χ4v) is 2.93. The molecule has 0 aromatic heterocycles. The van der Waals surface area contributed by atoms with Crippen molar-refractivity contribution in [3.05, 3.63) is 28.8 Å². The van der Waals surface area contributed by atoms with Gasteiger partial charge in [-0.3, -0.25) is 0 Å². The highest BCUT2D eigenvalue weighted by atomic mass is 35.5. The van der Waals surface area contributed by atoms with E-state index in [-0.39, 0.29) is 0 Å². The van der Waals surface area contributed by atoms with Crippen LogP contribution in [0.2, 0.25) is 5.02 Å². The van der Waals surface area contributed by atoms with Crippen molar-refractivity contribution in [1.82, 2.24) is 5.32 Å². The molecule has 0 fully saturated rings. The molecule has 0 aliphatic carbocycles. The highest BCUT2D eigenvalue weighted by molar-refractivity contribution is 8.00. The van der Waals surface area contributed by atoms with Crippen molar-refractivity contribution in [3.8, 4) is 0 Å². The van der Waals surface area contributed by atoms with Gasteiger partial charge in [0.1, 0.15) is 0 Å². The second-order valence-corrected chi connectivity index (χ2v) is 7.70. The smallest absolute Gasteiger partial charge is 0.0410 e. The molecular weight excluding hydrogens is 274 g/mol. The molecule has 0 amide bonds. The van der Waals surface area contributed by atoms with Crippen LogP contribution in [0.25, 0.3) is 0 Å². The zero-order valence-electron chi connectivity index (χ0n) is 12.7. The van der Waals surface area contributed by atoms with Gasteiger partial charge in [-0.05, 0) is 42.1 Å². The largest absolute Gasteiger partial charge is 0.312 e. The third-order valence-electron chi connectivity index (χ3n) is 3.14. The highest BCUT2D eigenvalue weighted by Gasteiger charge is 2.12. The van der Waals surface area contributed by atoms with E-state index in [1.165, 1.54) is 10.5 Å². The lowest BCUT2D eigenvalue weighted by molar-refractivity contribution is 0.550. The van der Waals surface area contributed by atoms with Crippen molar-refractivity contribution in [1.29, 1.82) is 0 Å². The monoisotopic (exact) mass is 299 g/mol. The van der Waals surface area contributed by atoms with Gasteiger partial charge in [-0.25, -0.2) is 0 Å². The Morgan fingerprint density at radius 2 is 1.84 bits per heavy atom. The minimum atomic E-state index is 0.616. The summed E-state index contributed by atoms with van der Waals surface area (Å²) in [5.74, 6) is 1.35. The van der Waals surface area contributed by atoms with Crippen LogP contribution in [-0.2, 0) is 6.54 Å². The third kappa shape index (κ3) is 6.20. The van der Waals surface area contributed by atoms with E-state index in [0.717, 1.165) is 18.1 Å². The van der Waals surface area contributed by atoms with Crippen LogP contribution in [0.5, 0.6) is 0 Å². The van der Waals surface area contributed by atoms with Crippen molar-refractivity contribution < 1.29 is 0 Å². The molecule has 0 bridgehead atoms. The minimum absolute atomic E-state index is 0.616. The summed E-state index contributed by atoms with van der Waals surface area (Å²) >= 11 is 8.07. The summed E-state index contributed by atoms with van der Waals surface area (Å²) < 4.78 is 0. The summed E-state index contributed by atoms with van der Waals surface area (Å²) in [6, 6.07) is 6.23. The van der Waals surface area contributed by atoms with Crippen LogP contribution in [0.15, 0.2) is 23.1 Å². The van der Waals surface area contributed by atoms with Crippen LogP contribution in [-0.4, -0.2) is 11.8 Å². The van der Waals surface area contributed by atoms with Crippen LogP contribution in [0, 0.1) is 11.8 Å². The normalized spacial score (nSPS) is 13.3. The van der Waals surface area contributed by atoms with E-state index in [1.807, 2.05) is 17.8 Å². The predicted molar refractivity (Wildman–Crippen MR) is 88.2 cm³/mol. The summed E-state index contributed by atoms with van der Waals surface area (Å²) in [5, 5.41) is 4.94. The lowest BCUT2D eigenvalue weighted by atomic mass is 10.1. The average molecular weight is 300 g/mol. The Balaban J connectivity index is 2.73. The second-order valence-electron chi connectivity index (χ2n) is 5.84. The molecule has 1 N–H and O–H groups in total. The molecule has 0 saturated heterocycles. The molecule has 0 radical (unpaired) electrons. The Morgan fingerprint density at radius 1 is 1.16 bits per heavy atom. The fourth-order valence-electron chi connectivity index (χ4n) is 1.63. The van der Waals surface area contributed by atoms with Gasteiger partial charge >= 0.3 is 0 Å². The van der Waals surface area contributed by atoms with Crippen LogP contribution in [0.1, 0.15) is 40.2 Å². The molecule has 1 atom stereocenters. The van der Waals surface area contributed by atoms with Gasteiger partial charge in [0.25, 0.3) is 0 Å². The van der Waals surface area contributed by atoms with Crippen LogP contribution in [0.3, 0.4) is 0 Å². The molecule has 1 rings (SSSR count). The van der Waals surface area contributed by atoms with E-state index < -0.39 is 0 Å². The van der Waals surface area contributed by atoms with Gasteiger partial charge in [0.2, 0.25) is 0 Å². The molecule has 108 valence electrons. The zero-order valence-corrected chi connectivity index (χ0v) is 14.2. The number of rotatable bonds is 7. The molecule has 0 spiro atoms. The topological polar surface area (TPSA) is 12.0 Å². The average Bonchev–Trinajstić information content (AvgIpc) is 2.31. The summed E-state index contributed by atoms with van der Waals surface area (Å²) in [6.07, 6.45) is 0. The van der Waals surface area contributed by atoms with Crippen molar-refractivity contribution in [3.63, 3.8) is 0 Å². The van der Waals surface area contributed by atoms with Gasteiger partial charge in [-0.2, -0.15) is 0 Å². The molecule has 0 heterocycles. The van der Waals surface area contributed by atoms with Crippen molar-refractivity contribution >= 4 is 23.4 Å². The molecule has 19 heavy (non-hydrogen) atoms. The molecule has 0 saturated carbocycles. The molecule has 3 heteroatoms. The van der Waals surface area contributed by atoms with E-state index >= 15 is 0 Å². The Kier molecular flexibility index (Phi) is 7.27. The first-order valence-corrected chi connectivity index (χ1v) is 8.31. The fraction of sp³-hybridized carbons (Fsp3) is 0.625. The number of benzene rings is 1. The quantitative estimate of drug-likeness (QED) is 0.693. The number of thioether (sulfide) groups is 1. The predicted octanol–water partition coefficient (Wildman–Crippen LogP) is 5.22. The molecular formula is C16H26ClNS. The van der Waals surface area contributed by atoms with Crippen molar-refractivity contribution in [2.75, 3.05) is 6.54 Å². The Labute approximate surface area is 127 Å². The first-order valence-electron chi connectivity index (χ1n) is 7.06. The Hall–Kier alpha value is -0.180. The molecule has 1 aromatic carbocycles. The van der Waals surface area contributed by atoms with Gasteiger partial charge in [-0.15, -0.1) is 11.8 Å². The molecule has 1 nitrogen and oxygen atoms in total. The van der Waals surface area contributed by atoms with E-state index in [4.69, 9.17) is 11.6 Å². The van der Waals surface area contributed by atoms with E-state index in [1.54, 1.807) is 0 Å². The molecule has 0 aliphatic heterocycles. The summed E-state index contributed by atoms with van der Waals surface area (Å²) in [6.45, 7) is 13.2.